The fourth-order valence-corrected chi connectivity index (χ4v) is 3.68. The van der Waals surface area contributed by atoms with Gasteiger partial charge in [-0.3, -0.25) is 4.68 Å². The summed E-state index contributed by atoms with van der Waals surface area (Å²) in [7, 11) is -0.934. The Hall–Kier alpha value is -0.880. The summed E-state index contributed by atoms with van der Waals surface area (Å²) >= 11 is 0. The van der Waals surface area contributed by atoms with Crippen molar-refractivity contribution in [1.82, 2.24) is 15.1 Å². The predicted molar refractivity (Wildman–Crippen MR) is 61.7 cm³/mol. The van der Waals surface area contributed by atoms with Gasteiger partial charge in [-0.25, -0.2) is 8.42 Å². The Morgan fingerprint density at radius 2 is 2.44 bits per heavy atom. The number of aromatic nitrogens is 2. The lowest BCUT2D eigenvalue weighted by Crippen LogP contribution is -2.40. The number of sulfone groups is 1. The smallest absolute Gasteiger partial charge is 0.151 e. The summed E-state index contributed by atoms with van der Waals surface area (Å²) in [6, 6.07) is 2.03. The van der Waals surface area contributed by atoms with Crippen LogP contribution >= 0.6 is 0 Å². The Labute approximate surface area is 95.8 Å². The van der Waals surface area contributed by atoms with Gasteiger partial charge in [-0.1, -0.05) is 0 Å². The van der Waals surface area contributed by atoms with Gasteiger partial charge in [0.25, 0.3) is 0 Å². The van der Waals surface area contributed by atoms with E-state index < -0.39 is 9.84 Å². The summed E-state index contributed by atoms with van der Waals surface area (Å²) in [4.78, 5) is 0. The number of rotatable bonds is 3. The Morgan fingerprint density at radius 3 is 3.06 bits per heavy atom. The summed E-state index contributed by atoms with van der Waals surface area (Å²) in [6.07, 6.45) is 3.46. The van der Waals surface area contributed by atoms with Crippen molar-refractivity contribution in [3.63, 3.8) is 0 Å². The van der Waals surface area contributed by atoms with Crippen molar-refractivity contribution in [3.05, 3.63) is 18.0 Å². The number of hydrogen-bond donors (Lipinski definition) is 1. The van der Waals surface area contributed by atoms with Gasteiger partial charge in [0.2, 0.25) is 0 Å². The zero-order valence-corrected chi connectivity index (χ0v) is 10.2. The van der Waals surface area contributed by atoms with Crippen LogP contribution in [-0.2, 0) is 23.4 Å². The van der Waals surface area contributed by atoms with Crippen molar-refractivity contribution in [3.8, 4) is 0 Å². The van der Waals surface area contributed by atoms with Crippen molar-refractivity contribution in [1.29, 1.82) is 0 Å². The van der Waals surface area contributed by atoms with E-state index in [9.17, 15) is 8.42 Å². The fourth-order valence-electron chi connectivity index (χ4n) is 2.01. The van der Waals surface area contributed by atoms with Gasteiger partial charge in [-0.2, -0.15) is 5.10 Å². The van der Waals surface area contributed by atoms with Crippen LogP contribution in [0.5, 0.6) is 0 Å². The lowest BCUT2D eigenvalue weighted by molar-refractivity contribution is 0.471. The second-order valence-electron chi connectivity index (χ2n) is 4.28. The molecule has 2 heterocycles. The van der Waals surface area contributed by atoms with Crippen molar-refractivity contribution in [2.45, 2.75) is 25.4 Å². The van der Waals surface area contributed by atoms with E-state index in [0.717, 1.165) is 18.5 Å². The molecule has 0 saturated carbocycles. The monoisotopic (exact) mass is 243 g/mol. The minimum atomic E-state index is -2.82. The van der Waals surface area contributed by atoms with Crippen LogP contribution in [0.15, 0.2) is 12.3 Å². The maximum atomic E-state index is 11.4. The third-order valence-corrected chi connectivity index (χ3v) is 4.78. The summed E-state index contributed by atoms with van der Waals surface area (Å²) < 4.78 is 24.7. The van der Waals surface area contributed by atoms with Crippen LogP contribution in [0.1, 0.15) is 18.5 Å². The highest BCUT2D eigenvalue weighted by Gasteiger charge is 2.24. The molecule has 0 aliphatic carbocycles. The van der Waals surface area contributed by atoms with Crippen LogP contribution in [0.2, 0.25) is 0 Å². The normalized spacial score (nSPS) is 24.4. The molecule has 1 aliphatic heterocycles. The summed E-state index contributed by atoms with van der Waals surface area (Å²) in [5, 5.41) is 7.35. The van der Waals surface area contributed by atoms with Crippen LogP contribution in [0.3, 0.4) is 0 Å². The highest BCUT2D eigenvalue weighted by atomic mass is 32.2. The molecule has 1 aliphatic rings. The molecule has 0 aromatic carbocycles. The van der Waals surface area contributed by atoms with Gasteiger partial charge < -0.3 is 5.32 Å². The Balaban J connectivity index is 1.89. The Kier molecular flexibility index (Phi) is 3.30. The molecule has 0 amide bonds. The molecular weight excluding hydrogens is 226 g/mol. The van der Waals surface area contributed by atoms with E-state index in [-0.39, 0.29) is 11.8 Å². The van der Waals surface area contributed by atoms with Crippen molar-refractivity contribution in [2.75, 3.05) is 11.5 Å². The van der Waals surface area contributed by atoms with Crippen molar-refractivity contribution < 1.29 is 8.42 Å². The molecule has 0 bridgehead atoms. The molecule has 16 heavy (non-hydrogen) atoms. The van der Waals surface area contributed by atoms with E-state index in [1.165, 1.54) is 0 Å². The van der Waals surface area contributed by atoms with E-state index in [4.69, 9.17) is 0 Å². The summed E-state index contributed by atoms with van der Waals surface area (Å²) in [5.74, 6) is 0.613. The van der Waals surface area contributed by atoms with Gasteiger partial charge in [-0.05, 0) is 18.9 Å². The molecular formula is C10H17N3O2S. The molecule has 1 aromatic rings. The Morgan fingerprint density at radius 1 is 1.62 bits per heavy atom. The standard InChI is InChI=1S/C10H17N3O2S/c1-13-10(4-5-12-13)7-11-9-3-2-6-16(14,15)8-9/h4-5,9,11H,2-3,6-8H2,1H3. The molecule has 1 atom stereocenters. The van der Waals surface area contributed by atoms with Crippen LogP contribution in [-0.4, -0.2) is 35.7 Å². The maximum Gasteiger partial charge on any atom is 0.151 e. The molecule has 90 valence electrons. The van der Waals surface area contributed by atoms with Gasteiger partial charge in [0.1, 0.15) is 0 Å². The van der Waals surface area contributed by atoms with Gasteiger partial charge in [0, 0.05) is 25.8 Å². The lowest BCUT2D eigenvalue weighted by atomic mass is 10.2. The van der Waals surface area contributed by atoms with Crippen LogP contribution in [0, 0.1) is 0 Å². The fraction of sp³-hybridized carbons (Fsp3) is 0.700. The minimum Gasteiger partial charge on any atom is -0.307 e. The quantitative estimate of drug-likeness (QED) is 0.817. The Bertz CT molecular complexity index is 452. The highest BCUT2D eigenvalue weighted by molar-refractivity contribution is 7.91. The summed E-state index contributed by atoms with van der Waals surface area (Å²) in [5.41, 5.74) is 1.07. The third kappa shape index (κ3) is 2.82. The highest BCUT2D eigenvalue weighted by Crippen LogP contribution is 2.12. The van der Waals surface area contributed by atoms with Crippen LogP contribution < -0.4 is 5.32 Å². The van der Waals surface area contributed by atoms with Crippen LogP contribution in [0.25, 0.3) is 0 Å². The molecule has 0 spiro atoms. The first-order chi connectivity index (χ1) is 7.57. The molecule has 6 heteroatoms. The second-order valence-corrected chi connectivity index (χ2v) is 6.51. The third-order valence-electron chi connectivity index (χ3n) is 2.96. The number of nitrogens with zero attached hydrogens (tertiary/aromatic N) is 2. The first kappa shape index (κ1) is 11.6. The molecule has 1 saturated heterocycles. The SMILES string of the molecule is Cn1nccc1CNC1CCCS(=O)(=O)C1. The molecule has 5 nitrogen and oxygen atoms in total. The van der Waals surface area contributed by atoms with Gasteiger partial charge in [0.05, 0.1) is 17.2 Å². The zero-order chi connectivity index (χ0) is 11.6. The van der Waals surface area contributed by atoms with Gasteiger partial charge in [0.15, 0.2) is 9.84 Å². The van der Waals surface area contributed by atoms with E-state index in [1.807, 2.05) is 13.1 Å². The minimum absolute atomic E-state index is 0.0913. The summed E-state index contributed by atoms with van der Waals surface area (Å²) in [6.45, 7) is 0.677. The second kappa shape index (κ2) is 4.55. The largest absolute Gasteiger partial charge is 0.307 e. The van der Waals surface area contributed by atoms with E-state index in [2.05, 4.69) is 10.4 Å². The first-order valence-electron chi connectivity index (χ1n) is 5.47. The molecule has 1 aromatic heterocycles. The average Bonchev–Trinajstić information content (AvgIpc) is 2.60. The van der Waals surface area contributed by atoms with Gasteiger partial charge >= 0.3 is 0 Å². The number of nitrogens with one attached hydrogen (secondary N) is 1. The van der Waals surface area contributed by atoms with Crippen LogP contribution in [0.4, 0.5) is 0 Å². The zero-order valence-electron chi connectivity index (χ0n) is 9.39. The topological polar surface area (TPSA) is 64.0 Å². The van der Waals surface area contributed by atoms with E-state index in [0.29, 0.717) is 12.3 Å². The molecule has 1 unspecified atom stereocenters. The van der Waals surface area contributed by atoms with E-state index >= 15 is 0 Å². The number of hydrogen-bond acceptors (Lipinski definition) is 4. The van der Waals surface area contributed by atoms with Gasteiger partial charge in [-0.15, -0.1) is 0 Å². The number of aryl methyl sites for hydroxylation is 1. The van der Waals surface area contributed by atoms with Crippen molar-refractivity contribution >= 4 is 9.84 Å². The average molecular weight is 243 g/mol. The maximum absolute atomic E-state index is 11.4. The van der Waals surface area contributed by atoms with Crippen molar-refractivity contribution in [2.24, 2.45) is 7.05 Å². The first-order valence-corrected chi connectivity index (χ1v) is 7.30. The molecule has 0 radical (unpaired) electrons. The molecule has 2 rings (SSSR count). The molecule has 1 fully saturated rings. The molecule has 1 N–H and O–H groups in total. The van der Waals surface area contributed by atoms with E-state index in [1.54, 1.807) is 10.9 Å². The predicted octanol–water partition coefficient (Wildman–Crippen LogP) is 0.0869. The lowest BCUT2D eigenvalue weighted by Gasteiger charge is -2.23.